The molecule has 0 N–H and O–H groups in total. The third-order valence-electron chi connectivity index (χ3n) is 6.04. The third-order valence-corrected chi connectivity index (χ3v) is 6.04. The first-order chi connectivity index (χ1) is 14.6. The summed E-state index contributed by atoms with van der Waals surface area (Å²) in [5.74, 6) is 0.948. The summed E-state index contributed by atoms with van der Waals surface area (Å²) in [6, 6.07) is 10.8. The van der Waals surface area contributed by atoms with Gasteiger partial charge in [-0.3, -0.25) is 9.78 Å². The minimum absolute atomic E-state index is 0.0352. The maximum Gasteiger partial charge on any atom is 0.349 e. The number of aromatic nitrogens is 1. The van der Waals surface area contributed by atoms with Crippen molar-refractivity contribution in [1.29, 1.82) is 0 Å². The smallest absolute Gasteiger partial charge is 0.349 e. The van der Waals surface area contributed by atoms with E-state index in [4.69, 9.17) is 13.9 Å². The maximum absolute atomic E-state index is 13.3. The van der Waals surface area contributed by atoms with Gasteiger partial charge in [-0.05, 0) is 37.1 Å². The van der Waals surface area contributed by atoms with Crippen LogP contribution in [0.1, 0.15) is 36.0 Å². The molecule has 0 saturated carbocycles. The SMILES string of the molecule is COc1cccc2cc(C(=O)N3C4CCC3CC(Oc3cccnc3)C4)c(=O)oc12. The van der Waals surface area contributed by atoms with Crippen LogP contribution < -0.4 is 15.1 Å². The second-order valence-corrected chi connectivity index (χ2v) is 7.82. The van der Waals surface area contributed by atoms with Gasteiger partial charge in [-0.25, -0.2) is 4.79 Å². The molecule has 2 aliphatic heterocycles. The molecule has 2 unspecified atom stereocenters. The fraction of sp³-hybridized carbons (Fsp3) is 0.348. The highest BCUT2D eigenvalue weighted by atomic mass is 16.5. The number of hydrogen-bond acceptors (Lipinski definition) is 6. The van der Waals surface area contributed by atoms with Crippen LogP contribution in [0.4, 0.5) is 0 Å². The Labute approximate surface area is 173 Å². The summed E-state index contributed by atoms with van der Waals surface area (Å²) in [6.07, 6.45) is 6.75. The number of pyridine rings is 1. The van der Waals surface area contributed by atoms with Crippen molar-refractivity contribution in [2.24, 2.45) is 0 Å². The predicted molar refractivity (Wildman–Crippen MR) is 110 cm³/mol. The number of nitrogens with zero attached hydrogens (tertiary/aromatic N) is 2. The van der Waals surface area contributed by atoms with Gasteiger partial charge in [-0.2, -0.15) is 0 Å². The van der Waals surface area contributed by atoms with E-state index in [1.54, 1.807) is 36.7 Å². The number of para-hydroxylation sites is 1. The van der Waals surface area contributed by atoms with E-state index in [2.05, 4.69) is 4.98 Å². The zero-order chi connectivity index (χ0) is 20.7. The number of rotatable bonds is 4. The number of carbonyl (C=O) groups excluding carboxylic acids is 1. The molecule has 2 fully saturated rings. The molecular formula is C23H22N2O5. The van der Waals surface area contributed by atoms with Gasteiger partial charge < -0.3 is 18.8 Å². The zero-order valence-corrected chi connectivity index (χ0v) is 16.6. The summed E-state index contributed by atoms with van der Waals surface area (Å²) in [5, 5.41) is 0.666. The molecule has 2 aliphatic rings. The molecule has 30 heavy (non-hydrogen) atoms. The van der Waals surface area contributed by atoms with Gasteiger partial charge in [-0.1, -0.05) is 12.1 Å². The quantitative estimate of drug-likeness (QED) is 0.618. The van der Waals surface area contributed by atoms with Crippen molar-refractivity contribution in [1.82, 2.24) is 9.88 Å². The Morgan fingerprint density at radius 3 is 2.67 bits per heavy atom. The Morgan fingerprint density at radius 1 is 1.17 bits per heavy atom. The molecule has 7 heteroatoms. The lowest BCUT2D eigenvalue weighted by Crippen LogP contribution is -2.50. The van der Waals surface area contributed by atoms with E-state index < -0.39 is 5.63 Å². The van der Waals surface area contributed by atoms with Crippen molar-refractivity contribution in [2.75, 3.05) is 7.11 Å². The summed E-state index contributed by atoms with van der Waals surface area (Å²) in [4.78, 5) is 31.9. The van der Waals surface area contributed by atoms with Crippen LogP contribution in [-0.2, 0) is 0 Å². The maximum atomic E-state index is 13.3. The van der Waals surface area contributed by atoms with Crippen LogP contribution in [0.5, 0.6) is 11.5 Å². The summed E-state index contributed by atoms with van der Waals surface area (Å²) >= 11 is 0. The molecule has 2 bridgehead atoms. The molecule has 0 radical (unpaired) electrons. The lowest BCUT2D eigenvalue weighted by atomic mass is 9.98. The van der Waals surface area contributed by atoms with Crippen molar-refractivity contribution < 1.29 is 18.7 Å². The van der Waals surface area contributed by atoms with Crippen molar-refractivity contribution in [3.05, 3.63) is 64.8 Å². The Balaban J connectivity index is 1.40. The van der Waals surface area contributed by atoms with Crippen LogP contribution in [0.2, 0.25) is 0 Å². The number of benzene rings is 1. The molecule has 1 aromatic carbocycles. The minimum Gasteiger partial charge on any atom is -0.493 e. The first-order valence-electron chi connectivity index (χ1n) is 10.1. The van der Waals surface area contributed by atoms with E-state index in [0.717, 1.165) is 31.4 Å². The average Bonchev–Trinajstić information content (AvgIpc) is 3.03. The highest BCUT2D eigenvalue weighted by Crippen LogP contribution is 2.38. The van der Waals surface area contributed by atoms with Crippen LogP contribution in [0.25, 0.3) is 11.0 Å². The average molecular weight is 406 g/mol. The van der Waals surface area contributed by atoms with Crippen molar-refractivity contribution >= 4 is 16.9 Å². The number of hydrogen-bond donors (Lipinski definition) is 0. The Kier molecular flexibility index (Phi) is 4.65. The molecule has 2 saturated heterocycles. The summed E-state index contributed by atoms with van der Waals surface area (Å²) in [5.41, 5.74) is -0.211. The molecule has 5 rings (SSSR count). The minimum atomic E-state index is -0.634. The number of amides is 1. The van der Waals surface area contributed by atoms with Crippen molar-refractivity contribution in [3.63, 3.8) is 0 Å². The summed E-state index contributed by atoms with van der Waals surface area (Å²) < 4.78 is 16.8. The highest BCUT2D eigenvalue weighted by molar-refractivity contribution is 5.98. The van der Waals surface area contributed by atoms with E-state index in [1.165, 1.54) is 7.11 Å². The lowest BCUT2D eigenvalue weighted by molar-refractivity contribution is 0.0355. The Bertz CT molecular complexity index is 1130. The second kappa shape index (κ2) is 7.48. The van der Waals surface area contributed by atoms with Gasteiger partial charge >= 0.3 is 5.63 Å². The zero-order valence-electron chi connectivity index (χ0n) is 16.6. The summed E-state index contributed by atoms with van der Waals surface area (Å²) in [7, 11) is 1.52. The Morgan fingerprint density at radius 2 is 1.97 bits per heavy atom. The molecule has 2 atom stereocenters. The van der Waals surface area contributed by atoms with E-state index in [9.17, 15) is 9.59 Å². The molecule has 0 spiro atoms. The van der Waals surface area contributed by atoms with Gasteiger partial charge in [-0.15, -0.1) is 0 Å². The normalized spacial score (nSPS) is 22.8. The number of methoxy groups -OCH3 is 1. The van der Waals surface area contributed by atoms with Gasteiger partial charge in [0.05, 0.1) is 13.3 Å². The number of fused-ring (bicyclic) bond motifs is 3. The summed E-state index contributed by atoms with van der Waals surface area (Å²) in [6.45, 7) is 0. The van der Waals surface area contributed by atoms with Crippen LogP contribution in [0.15, 0.2) is 58.0 Å². The third kappa shape index (κ3) is 3.20. The molecule has 4 heterocycles. The molecule has 0 aliphatic carbocycles. The monoisotopic (exact) mass is 406 g/mol. The van der Waals surface area contributed by atoms with Crippen molar-refractivity contribution in [2.45, 2.75) is 43.9 Å². The van der Waals surface area contributed by atoms with E-state index in [-0.39, 0.29) is 29.7 Å². The fourth-order valence-corrected chi connectivity index (χ4v) is 4.73. The molecule has 154 valence electrons. The highest BCUT2D eigenvalue weighted by Gasteiger charge is 2.45. The second-order valence-electron chi connectivity index (χ2n) is 7.82. The molecule has 1 amide bonds. The molecule has 7 nitrogen and oxygen atoms in total. The van der Waals surface area contributed by atoms with Crippen LogP contribution in [-0.4, -0.2) is 41.1 Å². The van der Waals surface area contributed by atoms with Gasteiger partial charge in [0.1, 0.15) is 17.4 Å². The van der Waals surface area contributed by atoms with E-state index in [0.29, 0.717) is 16.7 Å². The van der Waals surface area contributed by atoms with Crippen LogP contribution in [0.3, 0.4) is 0 Å². The first-order valence-corrected chi connectivity index (χ1v) is 10.1. The van der Waals surface area contributed by atoms with Crippen LogP contribution in [0, 0.1) is 0 Å². The van der Waals surface area contributed by atoms with Gasteiger partial charge in [0.15, 0.2) is 11.3 Å². The fourth-order valence-electron chi connectivity index (χ4n) is 4.73. The standard InChI is InChI=1S/C23H22N2O5/c1-28-20-6-2-4-14-10-19(23(27)30-21(14)20)22(26)25-15-7-8-16(25)12-18(11-15)29-17-5-3-9-24-13-17/h2-6,9-10,13,15-16,18H,7-8,11-12H2,1H3. The molecule has 2 aromatic heterocycles. The first kappa shape index (κ1) is 18.7. The van der Waals surface area contributed by atoms with Gasteiger partial charge in [0, 0.05) is 36.5 Å². The largest absolute Gasteiger partial charge is 0.493 e. The van der Waals surface area contributed by atoms with E-state index >= 15 is 0 Å². The number of ether oxygens (including phenoxy) is 2. The van der Waals surface area contributed by atoms with Crippen molar-refractivity contribution in [3.8, 4) is 11.5 Å². The number of carbonyl (C=O) groups is 1. The van der Waals surface area contributed by atoms with E-state index in [1.807, 2.05) is 17.0 Å². The lowest BCUT2D eigenvalue weighted by Gasteiger charge is -2.38. The topological polar surface area (TPSA) is 81.9 Å². The van der Waals surface area contributed by atoms with Gasteiger partial charge in [0.2, 0.25) is 0 Å². The van der Waals surface area contributed by atoms with Gasteiger partial charge in [0.25, 0.3) is 5.91 Å². The number of piperidine rings is 1. The Hall–Kier alpha value is -3.35. The predicted octanol–water partition coefficient (Wildman–Crippen LogP) is 3.41. The molecule has 3 aromatic rings. The van der Waals surface area contributed by atoms with Crippen LogP contribution >= 0.6 is 0 Å². The molecular weight excluding hydrogens is 384 g/mol.